The SMILES string of the molecule is CCc1nn(C)c2c1nc(CCl)n2-c1cccc(I)c1. The summed E-state index contributed by atoms with van der Waals surface area (Å²) in [5.41, 5.74) is 4.03. The molecule has 0 spiro atoms. The van der Waals surface area contributed by atoms with Gasteiger partial charge in [0.2, 0.25) is 0 Å². The summed E-state index contributed by atoms with van der Waals surface area (Å²) in [6.07, 6.45) is 0.863. The second-order valence-corrected chi connectivity index (χ2v) is 6.09. The Bertz CT molecular complexity index is 775. The van der Waals surface area contributed by atoms with E-state index in [-0.39, 0.29) is 0 Å². The van der Waals surface area contributed by atoms with E-state index in [1.807, 2.05) is 17.8 Å². The second-order valence-electron chi connectivity index (χ2n) is 4.57. The van der Waals surface area contributed by atoms with Crippen molar-refractivity contribution in [3.63, 3.8) is 0 Å². The average Bonchev–Trinajstić information content (AvgIpc) is 2.96. The first-order chi connectivity index (χ1) is 9.65. The number of nitrogens with zero attached hydrogens (tertiary/aromatic N) is 4. The van der Waals surface area contributed by atoms with Crippen LogP contribution in [-0.2, 0) is 19.3 Å². The molecule has 2 aromatic heterocycles. The van der Waals surface area contributed by atoms with E-state index in [0.29, 0.717) is 5.88 Å². The fourth-order valence-corrected chi connectivity index (χ4v) is 3.14. The van der Waals surface area contributed by atoms with Crippen molar-refractivity contribution in [3.05, 3.63) is 39.4 Å². The molecule has 6 heteroatoms. The number of hydrogen-bond acceptors (Lipinski definition) is 2. The summed E-state index contributed by atoms with van der Waals surface area (Å²) in [5.74, 6) is 1.23. The van der Waals surface area contributed by atoms with Gasteiger partial charge in [0.1, 0.15) is 11.3 Å². The van der Waals surface area contributed by atoms with E-state index in [4.69, 9.17) is 11.6 Å². The van der Waals surface area contributed by atoms with Crippen molar-refractivity contribution >= 4 is 45.4 Å². The zero-order valence-electron chi connectivity index (χ0n) is 11.3. The monoisotopic (exact) mass is 400 g/mol. The molecule has 1 aromatic carbocycles. The molecule has 0 atom stereocenters. The molecular weight excluding hydrogens is 387 g/mol. The van der Waals surface area contributed by atoms with Crippen LogP contribution in [0.25, 0.3) is 16.9 Å². The lowest BCUT2D eigenvalue weighted by Crippen LogP contribution is -2.04. The van der Waals surface area contributed by atoms with Crippen molar-refractivity contribution in [3.8, 4) is 5.69 Å². The minimum atomic E-state index is 0.378. The van der Waals surface area contributed by atoms with Gasteiger partial charge in [-0.2, -0.15) is 5.10 Å². The van der Waals surface area contributed by atoms with Crippen LogP contribution in [0, 0.1) is 3.57 Å². The zero-order valence-corrected chi connectivity index (χ0v) is 14.2. The summed E-state index contributed by atoms with van der Waals surface area (Å²) in [5, 5.41) is 4.54. The summed E-state index contributed by atoms with van der Waals surface area (Å²) >= 11 is 8.39. The lowest BCUT2D eigenvalue weighted by Gasteiger charge is -2.08. The quantitative estimate of drug-likeness (QED) is 0.497. The standard InChI is InChI=1S/C14H14ClIN4/c1-3-11-13-14(19(2)18-11)20(12(8-15)17-13)10-6-4-5-9(16)7-10/h4-7H,3,8H2,1-2H3. The minimum absolute atomic E-state index is 0.378. The third-order valence-corrected chi connectivity index (χ3v) is 4.20. The number of alkyl halides is 1. The van der Waals surface area contributed by atoms with Gasteiger partial charge in [0, 0.05) is 16.3 Å². The van der Waals surface area contributed by atoms with Gasteiger partial charge in [-0.1, -0.05) is 13.0 Å². The van der Waals surface area contributed by atoms with E-state index < -0.39 is 0 Å². The van der Waals surface area contributed by atoms with Gasteiger partial charge in [-0.05, 0) is 47.2 Å². The Morgan fingerprint density at radius 1 is 1.35 bits per heavy atom. The van der Waals surface area contributed by atoms with Crippen LogP contribution < -0.4 is 0 Å². The highest BCUT2D eigenvalue weighted by molar-refractivity contribution is 14.1. The number of fused-ring (bicyclic) bond motifs is 1. The van der Waals surface area contributed by atoms with Gasteiger partial charge < -0.3 is 0 Å². The van der Waals surface area contributed by atoms with Crippen molar-refractivity contribution in [2.24, 2.45) is 7.05 Å². The van der Waals surface area contributed by atoms with Crippen molar-refractivity contribution in [2.45, 2.75) is 19.2 Å². The predicted octanol–water partition coefficient (Wildman–Crippen LogP) is 3.66. The molecule has 3 rings (SSSR count). The van der Waals surface area contributed by atoms with Crippen LogP contribution in [0.15, 0.2) is 24.3 Å². The van der Waals surface area contributed by atoms with E-state index in [1.165, 1.54) is 3.57 Å². The highest BCUT2D eigenvalue weighted by Crippen LogP contribution is 2.25. The number of benzene rings is 1. The van der Waals surface area contributed by atoms with Gasteiger partial charge in [0.05, 0.1) is 11.6 Å². The van der Waals surface area contributed by atoms with Crippen LogP contribution in [0.5, 0.6) is 0 Å². The van der Waals surface area contributed by atoms with Crippen LogP contribution in [0.4, 0.5) is 0 Å². The first kappa shape index (κ1) is 13.9. The van der Waals surface area contributed by atoms with Crippen LogP contribution >= 0.6 is 34.2 Å². The maximum Gasteiger partial charge on any atom is 0.163 e. The molecule has 0 radical (unpaired) electrons. The molecule has 2 heterocycles. The van der Waals surface area contributed by atoms with Crippen molar-refractivity contribution in [1.29, 1.82) is 0 Å². The molecule has 0 saturated carbocycles. The molecule has 0 unspecified atom stereocenters. The molecule has 0 aliphatic heterocycles. The van der Waals surface area contributed by atoms with Crippen LogP contribution in [0.2, 0.25) is 0 Å². The molecule has 0 aliphatic rings. The Morgan fingerprint density at radius 2 is 2.15 bits per heavy atom. The summed E-state index contributed by atoms with van der Waals surface area (Å²) in [4.78, 5) is 4.67. The largest absolute Gasteiger partial charge is 0.280 e. The zero-order chi connectivity index (χ0) is 14.3. The predicted molar refractivity (Wildman–Crippen MR) is 89.5 cm³/mol. The first-order valence-corrected chi connectivity index (χ1v) is 8.02. The van der Waals surface area contributed by atoms with Crippen molar-refractivity contribution in [2.75, 3.05) is 0 Å². The van der Waals surface area contributed by atoms with Gasteiger partial charge in [-0.15, -0.1) is 11.6 Å². The molecule has 0 amide bonds. The number of hydrogen-bond donors (Lipinski definition) is 0. The number of halogens is 2. The Labute approximate surface area is 135 Å². The van der Waals surface area contributed by atoms with Gasteiger partial charge in [-0.3, -0.25) is 4.57 Å². The molecule has 0 saturated heterocycles. The highest BCUT2D eigenvalue weighted by Gasteiger charge is 2.19. The minimum Gasteiger partial charge on any atom is -0.280 e. The number of aromatic nitrogens is 4. The van der Waals surface area contributed by atoms with Gasteiger partial charge in [0.25, 0.3) is 0 Å². The first-order valence-electron chi connectivity index (χ1n) is 6.40. The lowest BCUT2D eigenvalue weighted by atomic mass is 10.3. The van der Waals surface area contributed by atoms with E-state index in [9.17, 15) is 0 Å². The molecule has 0 N–H and O–H groups in total. The highest BCUT2D eigenvalue weighted by atomic mass is 127. The smallest absolute Gasteiger partial charge is 0.163 e. The normalized spacial score (nSPS) is 11.4. The molecule has 104 valence electrons. The van der Waals surface area contributed by atoms with E-state index in [1.54, 1.807) is 0 Å². The average molecular weight is 401 g/mol. The fourth-order valence-electron chi connectivity index (χ4n) is 2.44. The molecule has 0 fully saturated rings. The Morgan fingerprint density at radius 3 is 2.80 bits per heavy atom. The number of aryl methyl sites for hydroxylation is 2. The number of rotatable bonds is 3. The molecule has 0 bridgehead atoms. The maximum atomic E-state index is 6.08. The second kappa shape index (κ2) is 5.37. The van der Waals surface area contributed by atoms with Crippen molar-refractivity contribution in [1.82, 2.24) is 19.3 Å². The van der Waals surface area contributed by atoms with Crippen molar-refractivity contribution < 1.29 is 0 Å². The Kier molecular flexibility index (Phi) is 3.72. The third-order valence-electron chi connectivity index (χ3n) is 3.29. The van der Waals surface area contributed by atoms with E-state index in [2.05, 4.69) is 62.4 Å². The summed E-state index contributed by atoms with van der Waals surface area (Å²) in [7, 11) is 1.95. The Balaban J connectivity index is 2.36. The third kappa shape index (κ3) is 2.13. The molecule has 20 heavy (non-hydrogen) atoms. The fraction of sp³-hybridized carbons (Fsp3) is 0.286. The van der Waals surface area contributed by atoms with Crippen LogP contribution in [-0.4, -0.2) is 19.3 Å². The summed E-state index contributed by atoms with van der Waals surface area (Å²) < 4.78 is 5.16. The molecule has 0 aliphatic carbocycles. The van der Waals surface area contributed by atoms with E-state index >= 15 is 0 Å². The summed E-state index contributed by atoms with van der Waals surface area (Å²) in [6, 6.07) is 8.30. The number of imidazole rings is 1. The van der Waals surface area contributed by atoms with Gasteiger partial charge in [0.15, 0.2) is 5.65 Å². The lowest BCUT2D eigenvalue weighted by molar-refractivity contribution is 0.744. The maximum absolute atomic E-state index is 6.08. The van der Waals surface area contributed by atoms with Gasteiger partial charge >= 0.3 is 0 Å². The Hall–Kier alpha value is -1.08. The summed E-state index contributed by atoms with van der Waals surface area (Å²) in [6.45, 7) is 2.09. The molecular formula is C14H14ClIN4. The van der Waals surface area contributed by atoms with Crippen LogP contribution in [0.1, 0.15) is 18.4 Å². The molecule has 3 aromatic rings. The molecule has 4 nitrogen and oxygen atoms in total. The van der Waals surface area contributed by atoms with Gasteiger partial charge in [-0.25, -0.2) is 9.67 Å². The topological polar surface area (TPSA) is 35.6 Å². The van der Waals surface area contributed by atoms with E-state index in [0.717, 1.165) is 34.8 Å². The van der Waals surface area contributed by atoms with Crippen LogP contribution in [0.3, 0.4) is 0 Å².